The molecule has 1 aliphatic heterocycles. The van der Waals surface area contributed by atoms with Crippen LogP contribution in [0.1, 0.15) is 17.2 Å². The highest BCUT2D eigenvalue weighted by Gasteiger charge is 2.26. The number of phenols is 1. The molecule has 1 atom stereocenters. The average molecular weight is 308 g/mol. The minimum absolute atomic E-state index is 0.000582. The molecule has 2 N–H and O–H groups in total. The van der Waals surface area contributed by atoms with Crippen LogP contribution in [0.25, 0.3) is 0 Å². The Morgan fingerprint density at radius 3 is 2.89 bits per heavy atom. The molecule has 92 valence electrons. The van der Waals surface area contributed by atoms with E-state index in [-0.39, 0.29) is 17.6 Å². The van der Waals surface area contributed by atoms with Crippen molar-refractivity contribution in [2.24, 2.45) is 0 Å². The van der Waals surface area contributed by atoms with Gasteiger partial charge in [-0.05, 0) is 42.3 Å². The van der Waals surface area contributed by atoms with E-state index in [4.69, 9.17) is 0 Å². The van der Waals surface area contributed by atoms with Crippen molar-refractivity contribution in [3.63, 3.8) is 0 Å². The van der Waals surface area contributed by atoms with Gasteiger partial charge in [0, 0.05) is 10.2 Å². The van der Waals surface area contributed by atoms with Crippen molar-refractivity contribution in [3.8, 4) is 5.75 Å². The molecular formula is C14H11BrFNO. The van der Waals surface area contributed by atoms with E-state index in [0.29, 0.717) is 12.0 Å². The number of fused-ring (bicyclic) bond motifs is 1. The highest BCUT2D eigenvalue weighted by atomic mass is 79.9. The number of aromatic hydroxyl groups is 1. The van der Waals surface area contributed by atoms with Crippen LogP contribution in [-0.4, -0.2) is 5.11 Å². The summed E-state index contributed by atoms with van der Waals surface area (Å²) in [5.74, 6) is -0.376. The molecule has 0 saturated carbocycles. The predicted octanol–water partition coefficient (Wildman–Crippen LogP) is 4.00. The molecule has 0 fully saturated rings. The maximum absolute atomic E-state index is 13.8. The lowest BCUT2D eigenvalue weighted by Gasteiger charge is -2.14. The third-order valence-corrected chi connectivity index (χ3v) is 3.69. The lowest BCUT2D eigenvalue weighted by atomic mass is 10.0. The first-order valence-electron chi connectivity index (χ1n) is 5.67. The largest absolute Gasteiger partial charge is 0.507 e. The van der Waals surface area contributed by atoms with Crippen LogP contribution < -0.4 is 5.32 Å². The second-order valence-electron chi connectivity index (χ2n) is 4.38. The predicted molar refractivity (Wildman–Crippen MR) is 72.3 cm³/mol. The van der Waals surface area contributed by atoms with Crippen molar-refractivity contribution in [1.29, 1.82) is 0 Å². The Bertz CT molecular complexity index is 594. The minimum Gasteiger partial charge on any atom is -0.507 e. The highest BCUT2D eigenvalue weighted by Crippen LogP contribution is 2.39. The summed E-state index contributed by atoms with van der Waals surface area (Å²) in [7, 11) is 0. The first-order chi connectivity index (χ1) is 8.65. The lowest BCUT2D eigenvalue weighted by molar-refractivity contribution is 0.453. The number of phenolic OH excluding ortho intramolecular Hbond substituents is 1. The Balaban J connectivity index is 1.99. The Labute approximate surface area is 113 Å². The summed E-state index contributed by atoms with van der Waals surface area (Å²) in [6.45, 7) is 0. The van der Waals surface area contributed by atoms with E-state index in [1.165, 1.54) is 18.2 Å². The maximum Gasteiger partial charge on any atom is 0.132 e. The summed E-state index contributed by atoms with van der Waals surface area (Å²) in [5.41, 5.74) is 2.45. The van der Waals surface area contributed by atoms with E-state index in [0.717, 1.165) is 15.7 Å². The number of nitrogens with one attached hydrogen (secondary N) is 1. The zero-order valence-electron chi connectivity index (χ0n) is 9.45. The Morgan fingerprint density at radius 1 is 1.28 bits per heavy atom. The number of benzene rings is 2. The first-order valence-corrected chi connectivity index (χ1v) is 6.47. The van der Waals surface area contributed by atoms with E-state index < -0.39 is 0 Å². The normalized spacial score (nSPS) is 17.3. The van der Waals surface area contributed by atoms with Crippen LogP contribution in [0.15, 0.2) is 40.9 Å². The molecule has 0 aromatic heterocycles. The molecule has 1 aliphatic rings. The Hall–Kier alpha value is -1.55. The third-order valence-electron chi connectivity index (χ3n) is 3.20. The van der Waals surface area contributed by atoms with Gasteiger partial charge in [0.1, 0.15) is 11.6 Å². The van der Waals surface area contributed by atoms with Crippen molar-refractivity contribution < 1.29 is 9.50 Å². The molecule has 1 heterocycles. The van der Waals surface area contributed by atoms with Crippen molar-refractivity contribution in [2.45, 2.75) is 12.5 Å². The average Bonchev–Trinajstić information content (AvgIpc) is 2.71. The van der Waals surface area contributed by atoms with Gasteiger partial charge in [-0.25, -0.2) is 4.39 Å². The fourth-order valence-electron chi connectivity index (χ4n) is 2.38. The van der Waals surface area contributed by atoms with E-state index in [9.17, 15) is 9.50 Å². The highest BCUT2D eigenvalue weighted by molar-refractivity contribution is 9.10. The zero-order chi connectivity index (χ0) is 12.7. The van der Waals surface area contributed by atoms with Gasteiger partial charge in [0.15, 0.2) is 0 Å². The summed E-state index contributed by atoms with van der Waals surface area (Å²) in [6.07, 6.45) is 0.670. The molecule has 0 bridgehead atoms. The molecule has 0 spiro atoms. The molecular weight excluding hydrogens is 297 g/mol. The first kappa shape index (κ1) is 11.5. The SMILES string of the molecule is Oc1cccc(F)c1C1Cc2cc(Br)ccc2N1. The van der Waals surface area contributed by atoms with Crippen molar-refractivity contribution >= 4 is 21.6 Å². The zero-order valence-corrected chi connectivity index (χ0v) is 11.0. The van der Waals surface area contributed by atoms with Gasteiger partial charge in [0.05, 0.1) is 11.6 Å². The van der Waals surface area contributed by atoms with Gasteiger partial charge in [-0.2, -0.15) is 0 Å². The number of hydrogen-bond acceptors (Lipinski definition) is 2. The van der Waals surface area contributed by atoms with Gasteiger partial charge in [-0.1, -0.05) is 22.0 Å². The van der Waals surface area contributed by atoms with E-state index in [2.05, 4.69) is 21.2 Å². The van der Waals surface area contributed by atoms with Crippen molar-refractivity contribution in [2.75, 3.05) is 5.32 Å². The standard InChI is InChI=1S/C14H11BrFNO/c15-9-4-5-11-8(6-9)7-12(17-11)14-10(16)2-1-3-13(14)18/h1-6,12,17-18H,7H2. The van der Waals surface area contributed by atoms with Gasteiger partial charge < -0.3 is 10.4 Å². The van der Waals surface area contributed by atoms with Crippen molar-refractivity contribution in [3.05, 3.63) is 57.8 Å². The maximum atomic E-state index is 13.8. The summed E-state index contributed by atoms with van der Waals surface area (Å²) in [5, 5.41) is 13.0. The molecule has 0 amide bonds. The summed E-state index contributed by atoms with van der Waals surface area (Å²) >= 11 is 3.42. The van der Waals surface area contributed by atoms with E-state index >= 15 is 0 Å². The van der Waals surface area contributed by atoms with Crippen LogP contribution in [0.2, 0.25) is 0 Å². The molecule has 3 rings (SSSR count). The van der Waals surface area contributed by atoms with Crippen LogP contribution in [0.5, 0.6) is 5.75 Å². The number of anilines is 1. The van der Waals surface area contributed by atoms with Crippen LogP contribution >= 0.6 is 15.9 Å². The third kappa shape index (κ3) is 1.86. The van der Waals surface area contributed by atoms with Crippen LogP contribution in [-0.2, 0) is 6.42 Å². The quantitative estimate of drug-likeness (QED) is 0.834. The molecule has 2 aromatic carbocycles. The van der Waals surface area contributed by atoms with Gasteiger partial charge >= 0.3 is 0 Å². The topological polar surface area (TPSA) is 32.3 Å². The number of halogens is 2. The van der Waals surface area contributed by atoms with Gasteiger partial charge in [-0.3, -0.25) is 0 Å². The molecule has 2 aromatic rings. The molecule has 18 heavy (non-hydrogen) atoms. The van der Waals surface area contributed by atoms with Crippen LogP contribution in [0, 0.1) is 5.82 Å². The van der Waals surface area contributed by atoms with E-state index in [1.54, 1.807) is 0 Å². The molecule has 1 unspecified atom stereocenters. The van der Waals surface area contributed by atoms with Crippen molar-refractivity contribution in [1.82, 2.24) is 0 Å². The van der Waals surface area contributed by atoms with Crippen LogP contribution in [0.4, 0.5) is 10.1 Å². The number of hydrogen-bond donors (Lipinski definition) is 2. The van der Waals surface area contributed by atoms with Crippen LogP contribution in [0.3, 0.4) is 0 Å². The lowest BCUT2D eigenvalue weighted by Crippen LogP contribution is -2.08. The minimum atomic E-state index is -0.376. The molecule has 4 heteroatoms. The molecule has 0 aliphatic carbocycles. The Kier molecular flexibility index (Phi) is 2.74. The molecule has 0 saturated heterocycles. The molecule has 2 nitrogen and oxygen atoms in total. The summed E-state index contributed by atoms with van der Waals surface area (Å²) in [6, 6.07) is 10.1. The second kappa shape index (κ2) is 4.28. The smallest absolute Gasteiger partial charge is 0.132 e. The van der Waals surface area contributed by atoms with Gasteiger partial charge in [0.2, 0.25) is 0 Å². The monoisotopic (exact) mass is 307 g/mol. The van der Waals surface area contributed by atoms with Gasteiger partial charge in [0.25, 0.3) is 0 Å². The van der Waals surface area contributed by atoms with E-state index in [1.807, 2.05) is 18.2 Å². The van der Waals surface area contributed by atoms with Gasteiger partial charge in [-0.15, -0.1) is 0 Å². The fourth-order valence-corrected chi connectivity index (χ4v) is 2.78. The fraction of sp³-hybridized carbons (Fsp3) is 0.143. The summed E-state index contributed by atoms with van der Waals surface area (Å²) < 4.78 is 14.8. The number of rotatable bonds is 1. The second-order valence-corrected chi connectivity index (χ2v) is 5.29. The summed E-state index contributed by atoms with van der Waals surface area (Å²) in [4.78, 5) is 0. The Morgan fingerprint density at radius 2 is 2.11 bits per heavy atom. The molecule has 0 radical (unpaired) electrons.